The molecule has 0 spiro atoms. The van der Waals surface area contributed by atoms with Gasteiger partial charge in [-0.3, -0.25) is 4.79 Å². The molecule has 130 valence electrons. The first-order valence-electron chi connectivity index (χ1n) is 8.36. The average molecular weight is 383 g/mol. The summed E-state index contributed by atoms with van der Waals surface area (Å²) in [5.74, 6) is -0.305. The Morgan fingerprint density at radius 2 is 1.77 bits per heavy atom. The van der Waals surface area contributed by atoms with Crippen molar-refractivity contribution < 1.29 is 4.79 Å². The van der Waals surface area contributed by atoms with Gasteiger partial charge in [-0.25, -0.2) is 5.01 Å². The van der Waals surface area contributed by atoms with Crippen molar-refractivity contribution in [3.63, 3.8) is 0 Å². The number of amides is 1. The van der Waals surface area contributed by atoms with Gasteiger partial charge in [0.05, 0.1) is 11.8 Å². The number of halogens is 2. The van der Waals surface area contributed by atoms with Gasteiger partial charge in [0.1, 0.15) is 5.88 Å². The highest BCUT2D eigenvalue weighted by Crippen LogP contribution is 2.34. The Bertz CT molecular complexity index is 998. The van der Waals surface area contributed by atoms with Crippen molar-refractivity contribution in [2.45, 2.75) is 12.5 Å². The molecule has 0 saturated heterocycles. The molecule has 1 aliphatic heterocycles. The van der Waals surface area contributed by atoms with Gasteiger partial charge in [0, 0.05) is 11.4 Å². The number of hydrogen-bond acceptors (Lipinski definition) is 2. The predicted molar refractivity (Wildman–Crippen MR) is 107 cm³/mol. The zero-order valence-electron chi connectivity index (χ0n) is 13.9. The van der Waals surface area contributed by atoms with Crippen LogP contribution in [0.1, 0.15) is 23.6 Å². The van der Waals surface area contributed by atoms with Crippen LogP contribution in [0.25, 0.3) is 10.8 Å². The Morgan fingerprint density at radius 1 is 1.04 bits per heavy atom. The lowest BCUT2D eigenvalue weighted by atomic mass is 9.97. The monoisotopic (exact) mass is 382 g/mol. The zero-order valence-corrected chi connectivity index (χ0v) is 15.4. The number of nitrogens with zero attached hydrogens (tertiary/aromatic N) is 2. The normalized spacial score (nSPS) is 16.8. The predicted octanol–water partition coefficient (Wildman–Crippen LogP) is 5.41. The Labute approximate surface area is 161 Å². The van der Waals surface area contributed by atoms with Crippen LogP contribution in [0.5, 0.6) is 0 Å². The molecule has 1 atom stereocenters. The topological polar surface area (TPSA) is 32.7 Å². The van der Waals surface area contributed by atoms with Gasteiger partial charge in [0.25, 0.3) is 5.91 Å². The molecule has 0 bridgehead atoms. The Morgan fingerprint density at radius 3 is 2.50 bits per heavy atom. The minimum Gasteiger partial charge on any atom is -0.272 e. The van der Waals surface area contributed by atoms with E-state index < -0.39 is 0 Å². The maximum absolute atomic E-state index is 12.3. The van der Waals surface area contributed by atoms with Crippen LogP contribution in [-0.2, 0) is 4.79 Å². The summed E-state index contributed by atoms with van der Waals surface area (Å²) >= 11 is 11.8. The van der Waals surface area contributed by atoms with Crippen molar-refractivity contribution in [3.8, 4) is 0 Å². The summed E-state index contributed by atoms with van der Waals surface area (Å²) in [4.78, 5) is 12.3. The van der Waals surface area contributed by atoms with Crippen molar-refractivity contribution in [1.29, 1.82) is 0 Å². The molecule has 0 fully saturated rings. The number of carbonyl (C=O) groups excluding carboxylic acids is 1. The third-order valence-corrected chi connectivity index (χ3v) is 5.10. The van der Waals surface area contributed by atoms with Gasteiger partial charge in [-0.05, 0) is 40.1 Å². The van der Waals surface area contributed by atoms with Crippen LogP contribution in [0.2, 0.25) is 5.02 Å². The fourth-order valence-corrected chi connectivity index (χ4v) is 3.54. The summed E-state index contributed by atoms with van der Waals surface area (Å²) in [6.45, 7) is 0. The molecule has 3 aromatic rings. The molecule has 26 heavy (non-hydrogen) atoms. The third-order valence-electron chi connectivity index (χ3n) is 4.62. The van der Waals surface area contributed by atoms with Crippen LogP contribution < -0.4 is 0 Å². The number of rotatable bonds is 3. The minimum atomic E-state index is -0.206. The molecule has 1 heterocycles. The number of hydrogen-bond donors (Lipinski definition) is 0. The van der Waals surface area contributed by atoms with Gasteiger partial charge in [0.15, 0.2) is 0 Å². The molecule has 3 nitrogen and oxygen atoms in total. The summed E-state index contributed by atoms with van der Waals surface area (Å²) in [5, 5.41) is 9.09. The molecule has 0 N–H and O–H groups in total. The van der Waals surface area contributed by atoms with Crippen molar-refractivity contribution in [2.75, 3.05) is 5.88 Å². The first-order valence-corrected chi connectivity index (χ1v) is 9.27. The van der Waals surface area contributed by atoms with E-state index in [4.69, 9.17) is 23.2 Å². The smallest absolute Gasteiger partial charge is 0.258 e. The summed E-state index contributed by atoms with van der Waals surface area (Å²) in [7, 11) is 0. The molecule has 1 aliphatic rings. The average Bonchev–Trinajstić information content (AvgIpc) is 3.13. The van der Waals surface area contributed by atoms with E-state index in [1.165, 1.54) is 10.4 Å². The highest BCUT2D eigenvalue weighted by Gasteiger charge is 2.32. The molecule has 0 aromatic heterocycles. The summed E-state index contributed by atoms with van der Waals surface area (Å²) < 4.78 is 0. The highest BCUT2D eigenvalue weighted by atomic mass is 35.5. The van der Waals surface area contributed by atoms with E-state index in [0.717, 1.165) is 22.2 Å². The van der Waals surface area contributed by atoms with Gasteiger partial charge in [-0.15, -0.1) is 11.6 Å². The van der Waals surface area contributed by atoms with Crippen molar-refractivity contribution in [1.82, 2.24) is 5.01 Å². The fourth-order valence-electron chi connectivity index (χ4n) is 3.29. The first-order chi connectivity index (χ1) is 12.7. The second-order valence-corrected chi connectivity index (χ2v) is 6.96. The quantitative estimate of drug-likeness (QED) is 0.557. The van der Waals surface area contributed by atoms with Crippen LogP contribution in [0.3, 0.4) is 0 Å². The number of hydrazone groups is 1. The summed E-state index contributed by atoms with van der Waals surface area (Å²) in [5.41, 5.74) is 2.90. The molecule has 4 rings (SSSR count). The van der Waals surface area contributed by atoms with Gasteiger partial charge < -0.3 is 0 Å². The van der Waals surface area contributed by atoms with Crippen molar-refractivity contribution in [2.24, 2.45) is 5.10 Å². The molecule has 0 aliphatic carbocycles. The van der Waals surface area contributed by atoms with E-state index in [1.54, 1.807) is 0 Å². The maximum atomic E-state index is 12.3. The molecular formula is C21H16Cl2N2O. The van der Waals surface area contributed by atoms with E-state index in [2.05, 4.69) is 35.4 Å². The van der Waals surface area contributed by atoms with Crippen LogP contribution in [-0.4, -0.2) is 22.5 Å². The van der Waals surface area contributed by atoms with Crippen LogP contribution >= 0.6 is 23.2 Å². The van der Waals surface area contributed by atoms with Gasteiger partial charge >= 0.3 is 0 Å². The van der Waals surface area contributed by atoms with E-state index >= 15 is 0 Å². The Hall–Kier alpha value is -2.36. The fraction of sp³-hybridized carbons (Fsp3) is 0.143. The Balaban J connectivity index is 1.71. The first kappa shape index (κ1) is 17.1. The van der Waals surface area contributed by atoms with E-state index in [-0.39, 0.29) is 17.8 Å². The second kappa shape index (κ2) is 7.10. The lowest BCUT2D eigenvalue weighted by Crippen LogP contribution is -2.27. The summed E-state index contributed by atoms with van der Waals surface area (Å²) in [6, 6.07) is 21.8. The van der Waals surface area contributed by atoms with E-state index in [0.29, 0.717) is 11.4 Å². The number of carbonyl (C=O) groups is 1. The molecule has 0 saturated carbocycles. The number of alkyl halides is 1. The van der Waals surface area contributed by atoms with E-state index in [9.17, 15) is 4.79 Å². The van der Waals surface area contributed by atoms with Crippen LogP contribution in [0.4, 0.5) is 0 Å². The number of fused-ring (bicyclic) bond motifs is 1. The lowest BCUT2D eigenvalue weighted by molar-refractivity contribution is -0.130. The molecular weight excluding hydrogens is 367 g/mol. The maximum Gasteiger partial charge on any atom is 0.258 e. The molecule has 0 radical (unpaired) electrons. The largest absolute Gasteiger partial charge is 0.272 e. The molecule has 5 heteroatoms. The Kier molecular flexibility index (Phi) is 4.66. The van der Waals surface area contributed by atoms with Crippen LogP contribution in [0.15, 0.2) is 71.8 Å². The lowest BCUT2D eigenvalue weighted by Gasteiger charge is -2.21. The summed E-state index contributed by atoms with van der Waals surface area (Å²) in [6.07, 6.45) is 0.641. The van der Waals surface area contributed by atoms with Gasteiger partial charge in [-0.1, -0.05) is 60.1 Å². The molecule has 3 aromatic carbocycles. The molecule has 1 amide bonds. The third kappa shape index (κ3) is 3.20. The second-order valence-electron chi connectivity index (χ2n) is 6.25. The van der Waals surface area contributed by atoms with Crippen LogP contribution in [0, 0.1) is 0 Å². The minimum absolute atomic E-state index is 0.0986. The van der Waals surface area contributed by atoms with Gasteiger partial charge in [0.2, 0.25) is 0 Å². The molecule has 1 unspecified atom stereocenters. The SMILES string of the molecule is O=C(CCl)N1N=C(c2ccc3ccccc3c2)CC1c1ccc(Cl)cc1. The number of benzene rings is 3. The van der Waals surface area contributed by atoms with E-state index in [1.807, 2.05) is 36.4 Å². The standard InChI is InChI=1S/C21H16Cl2N2O/c22-13-21(26)25-20(15-7-9-18(23)10-8-15)12-19(24-25)17-6-5-14-3-1-2-4-16(14)11-17/h1-11,20H,12-13H2. The van der Waals surface area contributed by atoms with Gasteiger partial charge in [-0.2, -0.15) is 5.10 Å². The van der Waals surface area contributed by atoms with Crippen molar-refractivity contribution in [3.05, 3.63) is 82.9 Å². The zero-order chi connectivity index (χ0) is 18.1. The highest BCUT2D eigenvalue weighted by molar-refractivity contribution is 6.30. The van der Waals surface area contributed by atoms with Crippen molar-refractivity contribution >= 4 is 45.6 Å².